The Morgan fingerprint density at radius 1 is 1.23 bits per heavy atom. The molecule has 162 valence electrons. The summed E-state index contributed by atoms with van der Waals surface area (Å²) in [5.41, 5.74) is 3.38. The van der Waals surface area contributed by atoms with Crippen molar-refractivity contribution in [3.05, 3.63) is 70.2 Å². The number of halogens is 1. The molecule has 0 aliphatic heterocycles. The highest BCUT2D eigenvalue weighted by atomic mass is 19.1. The van der Waals surface area contributed by atoms with Gasteiger partial charge in [-0.05, 0) is 50.5 Å². The fourth-order valence-corrected chi connectivity index (χ4v) is 4.33. The summed E-state index contributed by atoms with van der Waals surface area (Å²) in [6, 6.07) is 5.72. The van der Waals surface area contributed by atoms with Crippen LogP contribution in [0.1, 0.15) is 76.7 Å². The second-order valence-corrected chi connectivity index (χ2v) is 9.06. The normalized spacial score (nSPS) is 16.1. The lowest BCUT2D eigenvalue weighted by atomic mass is 9.76. The van der Waals surface area contributed by atoms with E-state index in [1.807, 2.05) is 27.7 Å². The average molecular weight is 423 g/mol. The van der Waals surface area contributed by atoms with Gasteiger partial charge in [-0.25, -0.2) is 9.07 Å². The summed E-state index contributed by atoms with van der Waals surface area (Å²) in [6.45, 7) is 9.56. The van der Waals surface area contributed by atoms with E-state index in [0.717, 1.165) is 16.9 Å². The van der Waals surface area contributed by atoms with Crippen LogP contribution < -0.4 is 5.32 Å². The number of fused-ring (bicyclic) bond motifs is 1. The van der Waals surface area contributed by atoms with Gasteiger partial charge >= 0.3 is 0 Å². The quantitative estimate of drug-likeness (QED) is 0.650. The third kappa shape index (κ3) is 3.80. The largest absolute Gasteiger partial charge is 0.455 e. The van der Waals surface area contributed by atoms with E-state index in [9.17, 15) is 14.0 Å². The Labute approximate surface area is 180 Å². The number of nitrogens with one attached hydrogen (secondary N) is 1. The van der Waals surface area contributed by atoms with Crippen LogP contribution in [0.15, 0.2) is 34.9 Å². The number of benzene rings is 1. The van der Waals surface area contributed by atoms with Crippen molar-refractivity contribution in [1.82, 2.24) is 15.1 Å². The molecule has 4 rings (SSSR count). The van der Waals surface area contributed by atoms with Gasteiger partial charge in [-0.2, -0.15) is 5.10 Å². The summed E-state index contributed by atoms with van der Waals surface area (Å²) in [7, 11) is 0. The van der Waals surface area contributed by atoms with Crippen LogP contribution in [0, 0.1) is 25.1 Å². The van der Waals surface area contributed by atoms with Crippen LogP contribution in [0.25, 0.3) is 5.69 Å². The number of furan rings is 1. The molecule has 1 aliphatic carbocycles. The van der Waals surface area contributed by atoms with Crippen molar-refractivity contribution in [2.45, 2.75) is 53.5 Å². The Morgan fingerprint density at radius 3 is 2.58 bits per heavy atom. The van der Waals surface area contributed by atoms with Gasteiger partial charge < -0.3 is 9.73 Å². The van der Waals surface area contributed by atoms with Crippen molar-refractivity contribution in [2.24, 2.45) is 5.41 Å². The van der Waals surface area contributed by atoms with E-state index in [2.05, 4.69) is 10.4 Å². The molecule has 2 aromatic heterocycles. The molecule has 1 aromatic carbocycles. The Bertz CT molecular complexity index is 1170. The molecule has 1 unspecified atom stereocenters. The first kappa shape index (κ1) is 21.0. The Morgan fingerprint density at radius 2 is 1.90 bits per heavy atom. The minimum absolute atomic E-state index is 0.0241. The molecule has 1 aliphatic rings. The maximum absolute atomic E-state index is 13.2. The number of hydrogen-bond acceptors (Lipinski definition) is 4. The van der Waals surface area contributed by atoms with Crippen LogP contribution in [-0.2, 0) is 6.42 Å². The van der Waals surface area contributed by atoms with E-state index in [1.54, 1.807) is 29.9 Å². The summed E-state index contributed by atoms with van der Waals surface area (Å²) in [5, 5.41) is 7.34. The second kappa shape index (κ2) is 7.48. The van der Waals surface area contributed by atoms with Gasteiger partial charge in [0.1, 0.15) is 11.6 Å². The minimum atomic E-state index is -0.362. The number of Topliss-reactive ketones (excluding diaryl/α,β-unsaturated/α-hetero) is 1. The van der Waals surface area contributed by atoms with Crippen LogP contribution in [-0.4, -0.2) is 21.5 Å². The van der Waals surface area contributed by atoms with E-state index < -0.39 is 0 Å². The minimum Gasteiger partial charge on any atom is -0.455 e. The second-order valence-electron chi connectivity index (χ2n) is 9.06. The number of ketones is 1. The van der Waals surface area contributed by atoms with Crippen LogP contribution in [0.3, 0.4) is 0 Å². The van der Waals surface area contributed by atoms with Gasteiger partial charge in [0.2, 0.25) is 0 Å². The zero-order valence-electron chi connectivity index (χ0n) is 18.4. The highest BCUT2D eigenvalue weighted by molar-refractivity contribution is 6.03. The van der Waals surface area contributed by atoms with Crippen molar-refractivity contribution in [3.63, 3.8) is 0 Å². The molecule has 2 heterocycles. The van der Waals surface area contributed by atoms with Crippen molar-refractivity contribution < 1.29 is 18.4 Å². The molecule has 0 saturated carbocycles. The molecule has 3 aromatic rings. The maximum Gasteiger partial charge on any atom is 0.287 e. The van der Waals surface area contributed by atoms with E-state index in [1.165, 1.54) is 12.1 Å². The summed E-state index contributed by atoms with van der Waals surface area (Å²) in [6.07, 6.45) is 2.76. The Hall–Kier alpha value is -3.22. The number of nitrogens with zero attached hydrogens (tertiary/aromatic N) is 2. The van der Waals surface area contributed by atoms with Crippen LogP contribution in [0.5, 0.6) is 0 Å². The summed E-state index contributed by atoms with van der Waals surface area (Å²) >= 11 is 0. The lowest BCUT2D eigenvalue weighted by Crippen LogP contribution is -2.27. The molecule has 1 N–H and O–H groups in total. The lowest BCUT2D eigenvalue weighted by Gasteiger charge is -2.27. The highest BCUT2D eigenvalue weighted by Gasteiger charge is 2.37. The first-order chi connectivity index (χ1) is 14.6. The van der Waals surface area contributed by atoms with Crippen molar-refractivity contribution in [1.29, 1.82) is 0 Å². The Balaban J connectivity index is 1.56. The molecule has 0 fully saturated rings. The SMILES string of the molecule is Cc1c(C(=O)NC(C)c2cnn(-c3ccc(F)cc3)c2C)oc2c1C(=O)CC(C)(C)C2. The standard InChI is InChI=1S/C24H26FN3O3/c1-13-21-19(29)10-24(4,5)11-20(21)31-22(13)23(30)27-14(2)18-12-26-28(15(18)3)17-8-6-16(25)7-9-17/h6-9,12,14H,10-11H2,1-5H3,(H,27,30). The zero-order chi connectivity index (χ0) is 22.5. The van der Waals surface area contributed by atoms with Crippen LogP contribution in [0.4, 0.5) is 4.39 Å². The maximum atomic E-state index is 13.2. The summed E-state index contributed by atoms with van der Waals surface area (Å²) < 4.78 is 20.8. The highest BCUT2D eigenvalue weighted by Crippen LogP contribution is 2.38. The molecule has 31 heavy (non-hydrogen) atoms. The zero-order valence-corrected chi connectivity index (χ0v) is 18.4. The molecule has 1 atom stereocenters. The molecule has 0 saturated heterocycles. The van der Waals surface area contributed by atoms with Crippen molar-refractivity contribution in [2.75, 3.05) is 0 Å². The predicted octanol–water partition coefficient (Wildman–Crippen LogP) is 4.87. The van der Waals surface area contributed by atoms with E-state index in [0.29, 0.717) is 29.7 Å². The topological polar surface area (TPSA) is 77.1 Å². The van der Waals surface area contributed by atoms with Crippen molar-refractivity contribution >= 4 is 11.7 Å². The van der Waals surface area contributed by atoms with Crippen LogP contribution >= 0.6 is 0 Å². The first-order valence-electron chi connectivity index (χ1n) is 10.3. The number of carbonyl (C=O) groups excluding carboxylic acids is 2. The molecular formula is C24H26FN3O3. The average Bonchev–Trinajstić information content (AvgIpc) is 3.21. The summed E-state index contributed by atoms with van der Waals surface area (Å²) in [4.78, 5) is 25.6. The lowest BCUT2D eigenvalue weighted by molar-refractivity contribution is 0.0883. The number of hydrogen-bond donors (Lipinski definition) is 1. The van der Waals surface area contributed by atoms with Crippen molar-refractivity contribution in [3.8, 4) is 5.69 Å². The predicted molar refractivity (Wildman–Crippen MR) is 114 cm³/mol. The van der Waals surface area contributed by atoms with Gasteiger partial charge in [-0.3, -0.25) is 9.59 Å². The van der Waals surface area contributed by atoms with E-state index in [4.69, 9.17) is 4.42 Å². The number of amides is 1. The fraction of sp³-hybridized carbons (Fsp3) is 0.375. The van der Waals surface area contributed by atoms with Gasteiger partial charge in [0.15, 0.2) is 11.5 Å². The number of aromatic nitrogens is 2. The smallest absolute Gasteiger partial charge is 0.287 e. The van der Waals surface area contributed by atoms with Gasteiger partial charge in [0.05, 0.1) is 23.5 Å². The third-order valence-electron chi connectivity index (χ3n) is 5.92. The molecule has 6 nitrogen and oxygen atoms in total. The van der Waals surface area contributed by atoms with Gasteiger partial charge in [0.25, 0.3) is 5.91 Å². The molecule has 0 radical (unpaired) electrons. The van der Waals surface area contributed by atoms with Crippen LogP contribution in [0.2, 0.25) is 0 Å². The first-order valence-corrected chi connectivity index (χ1v) is 10.3. The molecule has 0 spiro atoms. The molecule has 7 heteroatoms. The monoisotopic (exact) mass is 423 g/mol. The fourth-order valence-electron chi connectivity index (χ4n) is 4.33. The summed E-state index contributed by atoms with van der Waals surface area (Å²) in [5.74, 6) is 0.131. The van der Waals surface area contributed by atoms with E-state index >= 15 is 0 Å². The Kier molecular flexibility index (Phi) is 5.07. The molecular weight excluding hydrogens is 397 g/mol. The van der Waals surface area contributed by atoms with Gasteiger partial charge in [0, 0.05) is 29.7 Å². The number of rotatable bonds is 4. The third-order valence-corrected chi connectivity index (χ3v) is 5.92. The number of carbonyl (C=O) groups is 2. The molecule has 1 amide bonds. The van der Waals surface area contributed by atoms with Gasteiger partial charge in [-0.15, -0.1) is 0 Å². The van der Waals surface area contributed by atoms with Gasteiger partial charge in [-0.1, -0.05) is 13.8 Å². The molecule has 0 bridgehead atoms. The van der Waals surface area contributed by atoms with E-state index in [-0.39, 0.29) is 34.7 Å².